The summed E-state index contributed by atoms with van der Waals surface area (Å²) in [6.45, 7) is 4.01. The Balaban J connectivity index is 1.60. The molecule has 0 saturated carbocycles. The van der Waals surface area contributed by atoms with E-state index in [0.717, 1.165) is 19.3 Å². The van der Waals surface area contributed by atoms with E-state index in [0.29, 0.717) is 12.2 Å². The Kier molecular flexibility index (Phi) is 16.4. The topological polar surface area (TPSA) is 148 Å². The first kappa shape index (κ1) is 33.8. The van der Waals surface area contributed by atoms with Gasteiger partial charge in [0, 0.05) is 0 Å². The second kappa shape index (κ2) is 18.9. The van der Waals surface area contributed by atoms with Crippen molar-refractivity contribution in [2.24, 2.45) is 5.11 Å². The molecule has 1 fully saturated rings. The predicted octanol–water partition coefficient (Wildman–Crippen LogP) is 6.60. The summed E-state index contributed by atoms with van der Waals surface area (Å²) in [4.78, 5) is 29.0. The van der Waals surface area contributed by atoms with E-state index in [1.54, 1.807) is 6.92 Å². The van der Waals surface area contributed by atoms with Gasteiger partial charge in [0.25, 0.3) is 0 Å². The fourth-order valence-corrected chi connectivity index (χ4v) is 6.31. The first-order valence-corrected chi connectivity index (χ1v) is 18.1. The van der Waals surface area contributed by atoms with Crippen molar-refractivity contribution >= 4 is 21.9 Å². The molecule has 1 aliphatic heterocycles. The van der Waals surface area contributed by atoms with Crippen LogP contribution in [0, 0.1) is 6.92 Å². The Bertz CT molecular complexity index is 1060. The number of nitrogens with zero attached hydrogens (tertiary/aromatic N) is 4. The summed E-state index contributed by atoms with van der Waals surface area (Å²) >= 11 is 2.50. The van der Waals surface area contributed by atoms with Gasteiger partial charge in [-0.1, -0.05) is 39.0 Å². The third-order valence-electron chi connectivity index (χ3n) is 7.00. The number of rotatable bonds is 21. The summed E-state index contributed by atoms with van der Waals surface area (Å²) < 4.78 is 30.8. The number of ether oxygens (including phenoxy) is 1. The molecular weight excluding hydrogens is 588 g/mol. The standard InChI is InChI=1S/C26H45N5O6PSe/c1-3-4-5-6-7-8-9-10-11-12-13-14-15-16-17-35-38(34,39)36-20-23-22(29-30-27)18-24(37-23)31-19-21(2)25(32)28-26(31)33/h19,22-24H,3-18,20H2,1-2H3,(H,28,32,33)/t22-,23+,24+,38?/m0/s1. The molecule has 11 nitrogen and oxygen atoms in total. The molecule has 1 radical (unpaired) electrons. The molecule has 0 spiro atoms. The van der Waals surface area contributed by atoms with E-state index >= 15 is 0 Å². The van der Waals surface area contributed by atoms with Crippen LogP contribution in [0.25, 0.3) is 10.4 Å². The van der Waals surface area contributed by atoms with Gasteiger partial charge in [0.05, 0.1) is 0 Å². The van der Waals surface area contributed by atoms with Gasteiger partial charge in [-0.15, -0.1) is 0 Å². The number of nitrogens with one attached hydrogen (secondary N) is 1. The molecule has 0 amide bonds. The van der Waals surface area contributed by atoms with Crippen molar-refractivity contribution in [2.75, 3.05) is 13.2 Å². The molecule has 0 aromatic carbocycles. The third-order valence-corrected chi connectivity index (χ3v) is 9.30. The fraction of sp³-hybridized carbons (Fsp3) is 0.846. The molecule has 4 atom stereocenters. The number of aromatic amines is 1. The van der Waals surface area contributed by atoms with E-state index in [-0.39, 0.29) is 13.0 Å². The molecule has 1 aromatic heterocycles. The van der Waals surface area contributed by atoms with E-state index in [9.17, 15) is 14.2 Å². The van der Waals surface area contributed by atoms with Crippen LogP contribution in [0.5, 0.6) is 0 Å². The first-order chi connectivity index (χ1) is 18.8. The number of aryl methyl sites for hydroxylation is 1. The summed E-state index contributed by atoms with van der Waals surface area (Å²) in [7, 11) is 0. The second-order valence-corrected chi connectivity index (χ2v) is 14.5. The summed E-state index contributed by atoms with van der Waals surface area (Å²) in [6, 6.07) is -0.634. The zero-order chi connectivity index (χ0) is 28.5. The van der Waals surface area contributed by atoms with Crippen molar-refractivity contribution in [3.63, 3.8) is 0 Å². The van der Waals surface area contributed by atoms with Gasteiger partial charge in [-0.3, -0.25) is 0 Å². The third kappa shape index (κ3) is 13.2. The van der Waals surface area contributed by atoms with Crippen LogP contribution in [-0.4, -0.2) is 50.5 Å². The quantitative estimate of drug-likeness (QED) is 0.0403. The minimum absolute atomic E-state index is 0.139. The van der Waals surface area contributed by atoms with Crippen LogP contribution in [0.3, 0.4) is 0 Å². The summed E-state index contributed by atoms with van der Waals surface area (Å²) in [5.74, 6) is 0. The van der Waals surface area contributed by atoms with Crippen LogP contribution in [0.2, 0.25) is 0 Å². The van der Waals surface area contributed by atoms with Gasteiger partial charge in [-0.25, -0.2) is 0 Å². The number of hydrogen-bond donors (Lipinski definition) is 1. The molecule has 0 aliphatic carbocycles. The summed E-state index contributed by atoms with van der Waals surface area (Å²) in [5, 5.41) is 3.74. The number of azide groups is 1. The van der Waals surface area contributed by atoms with Crippen molar-refractivity contribution in [3.8, 4) is 0 Å². The Morgan fingerprint density at radius 3 is 2.18 bits per heavy atom. The van der Waals surface area contributed by atoms with E-state index in [1.165, 1.54) is 81.4 Å². The Morgan fingerprint density at radius 2 is 1.62 bits per heavy atom. The number of hydrogen-bond acceptors (Lipinski definition) is 7. The van der Waals surface area contributed by atoms with Crippen molar-refractivity contribution in [2.45, 2.75) is 129 Å². The van der Waals surface area contributed by atoms with Gasteiger partial charge >= 0.3 is 201 Å². The first-order valence-electron chi connectivity index (χ1n) is 14.4. The van der Waals surface area contributed by atoms with E-state index in [4.69, 9.17) is 19.3 Å². The average molecular weight is 634 g/mol. The Labute approximate surface area is 239 Å². The van der Waals surface area contributed by atoms with Crippen LogP contribution < -0.4 is 11.2 Å². The number of H-pyrrole nitrogens is 1. The van der Waals surface area contributed by atoms with Gasteiger partial charge in [-0.05, 0) is 0 Å². The monoisotopic (exact) mass is 634 g/mol. The van der Waals surface area contributed by atoms with Gasteiger partial charge in [0.15, 0.2) is 0 Å². The van der Waals surface area contributed by atoms with Crippen LogP contribution >= 0.6 is 6.29 Å². The van der Waals surface area contributed by atoms with Crippen LogP contribution in [-0.2, 0) is 18.3 Å². The molecule has 1 N–H and O–H groups in total. The Morgan fingerprint density at radius 1 is 1.05 bits per heavy atom. The van der Waals surface area contributed by atoms with Crippen LogP contribution in [0.1, 0.15) is 115 Å². The van der Waals surface area contributed by atoms with Crippen molar-refractivity contribution in [3.05, 3.63) is 43.0 Å². The van der Waals surface area contributed by atoms with Crippen molar-refractivity contribution in [1.29, 1.82) is 0 Å². The molecule has 1 aliphatic rings. The molecule has 2 heterocycles. The molecule has 0 bridgehead atoms. The molecule has 221 valence electrons. The SMILES string of the molecule is CCCCCCCCCCCCCCCCOP(=O)([Se])OC[C@H]1O[C@@H](n2cc(C)c(=O)[nH]c2=O)C[C@@H]1N=[N+]=[N-]. The molecular formula is C26H45N5O6PSe. The maximum atomic E-state index is 12.7. The predicted molar refractivity (Wildman–Crippen MR) is 153 cm³/mol. The average Bonchev–Trinajstić information content (AvgIpc) is 3.30. The molecule has 39 heavy (non-hydrogen) atoms. The second-order valence-electron chi connectivity index (χ2n) is 10.3. The molecule has 13 heteroatoms. The molecule has 2 rings (SSSR count). The molecule has 1 aromatic rings. The fourth-order valence-electron chi connectivity index (χ4n) is 4.70. The summed E-state index contributed by atoms with van der Waals surface area (Å²) in [5.41, 5.74) is 8.18. The zero-order valence-corrected chi connectivity index (χ0v) is 26.0. The van der Waals surface area contributed by atoms with E-state index in [1.807, 2.05) is 0 Å². The van der Waals surface area contributed by atoms with Gasteiger partial charge in [0.2, 0.25) is 0 Å². The van der Waals surface area contributed by atoms with Crippen LogP contribution in [0.4, 0.5) is 0 Å². The summed E-state index contributed by atoms with van der Waals surface area (Å²) in [6.07, 6.45) is 14.3. The maximum absolute atomic E-state index is 12.7. The van der Waals surface area contributed by atoms with Gasteiger partial charge in [-0.2, -0.15) is 0 Å². The van der Waals surface area contributed by atoms with Crippen molar-refractivity contribution < 1.29 is 18.3 Å². The number of unbranched alkanes of at least 4 members (excludes halogenated alkanes) is 13. The molecule has 1 unspecified atom stereocenters. The normalized spacial score (nSPS) is 20.5. The van der Waals surface area contributed by atoms with Crippen molar-refractivity contribution in [1.82, 2.24) is 9.55 Å². The van der Waals surface area contributed by atoms with Crippen LogP contribution in [0.15, 0.2) is 20.9 Å². The molecule has 1 saturated heterocycles. The van der Waals surface area contributed by atoms with Gasteiger partial charge < -0.3 is 0 Å². The van der Waals surface area contributed by atoms with E-state index in [2.05, 4.69) is 37.5 Å². The van der Waals surface area contributed by atoms with Gasteiger partial charge in [0.1, 0.15) is 0 Å². The minimum atomic E-state index is -3.45. The Hall–Kier alpha value is -1.38. The van der Waals surface area contributed by atoms with E-state index < -0.39 is 35.9 Å². The number of aromatic nitrogens is 2. The zero-order valence-electron chi connectivity index (χ0n) is 23.4.